The van der Waals surface area contributed by atoms with Crippen molar-refractivity contribution in [2.24, 2.45) is 0 Å². The van der Waals surface area contributed by atoms with Crippen LogP contribution in [0.5, 0.6) is 0 Å². The number of rotatable bonds is 5. The van der Waals surface area contributed by atoms with E-state index in [1.807, 2.05) is 0 Å². The van der Waals surface area contributed by atoms with Gasteiger partial charge in [0.25, 0.3) is 0 Å². The van der Waals surface area contributed by atoms with E-state index in [2.05, 4.69) is 234 Å². The van der Waals surface area contributed by atoms with Crippen molar-refractivity contribution in [3.8, 4) is 77.9 Å². The van der Waals surface area contributed by atoms with Crippen LogP contribution in [0.15, 0.2) is 215 Å². The first-order chi connectivity index (χ1) is 33.2. The van der Waals surface area contributed by atoms with E-state index in [1.165, 1.54) is 66.8 Å². The molecule has 2 heteroatoms. The molecule has 2 heterocycles. The molecule has 0 unspecified atom stereocenters. The summed E-state index contributed by atoms with van der Waals surface area (Å²) in [6.07, 6.45) is 0. The summed E-state index contributed by atoms with van der Waals surface area (Å²) in [5.74, 6) is 0. The van der Waals surface area contributed by atoms with Gasteiger partial charge in [0.05, 0.1) is 5.56 Å². The Kier molecular flexibility index (Phi) is 8.12. The molecule has 2 aliphatic rings. The van der Waals surface area contributed by atoms with Gasteiger partial charge in [-0.25, -0.2) is 0 Å². The smallest absolute Gasteiger partial charge is 0.147 e. The Morgan fingerprint density at radius 3 is 1.00 bits per heavy atom. The molecule has 2 aliphatic carbocycles. The Bertz CT molecular complexity index is 3810. The van der Waals surface area contributed by atoms with Crippen molar-refractivity contribution >= 4 is 43.9 Å². The third kappa shape index (κ3) is 5.52. The molecule has 12 aromatic rings. The monoisotopic (exact) mass is 870 g/mol. The molecule has 14 rings (SSSR count). The Morgan fingerprint density at radius 1 is 0.250 bits per heavy atom. The number of hydrogen-bond acceptors (Lipinski definition) is 2. The molecule has 0 fully saturated rings. The molecule has 2 nitrogen and oxygen atoms in total. The first-order valence-corrected chi connectivity index (χ1v) is 23.8. The van der Waals surface area contributed by atoms with Crippen LogP contribution < -0.4 is 0 Å². The molecule has 322 valence electrons. The van der Waals surface area contributed by atoms with E-state index in [9.17, 15) is 0 Å². The molecule has 10 aromatic carbocycles. The maximum atomic E-state index is 7.22. The van der Waals surface area contributed by atoms with Crippen molar-refractivity contribution < 1.29 is 8.83 Å². The number of furan rings is 2. The molecule has 0 saturated carbocycles. The average Bonchev–Trinajstić information content (AvgIpc) is 4.08. The quantitative estimate of drug-likeness (QED) is 0.172. The maximum absolute atomic E-state index is 7.22. The minimum Gasteiger partial charge on any atom is -0.455 e. The lowest BCUT2D eigenvalue weighted by Crippen LogP contribution is -2.15. The predicted octanol–water partition coefficient (Wildman–Crippen LogP) is 18.4. The van der Waals surface area contributed by atoms with Crippen LogP contribution in [0.25, 0.3) is 122 Å². The van der Waals surface area contributed by atoms with E-state index >= 15 is 0 Å². The van der Waals surface area contributed by atoms with Gasteiger partial charge in [0.1, 0.15) is 22.3 Å². The van der Waals surface area contributed by atoms with E-state index in [0.717, 1.165) is 77.3 Å². The van der Waals surface area contributed by atoms with Crippen LogP contribution in [0.2, 0.25) is 0 Å². The molecule has 0 bridgehead atoms. The second-order valence-electron chi connectivity index (χ2n) is 20.0. The van der Waals surface area contributed by atoms with Gasteiger partial charge < -0.3 is 8.83 Å². The van der Waals surface area contributed by atoms with Crippen molar-refractivity contribution in [3.63, 3.8) is 0 Å². The first-order valence-electron chi connectivity index (χ1n) is 23.8. The van der Waals surface area contributed by atoms with Crippen molar-refractivity contribution in [1.29, 1.82) is 0 Å². The zero-order chi connectivity index (χ0) is 45.5. The summed E-state index contributed by atoms with van der Waals surface area (Å²) < 4.78 is 14.4. The van der Waals surface area contributed by atoms with Gasteiger partial charge in [-0.1, -0.05) is 204 Å². The molecule has 68 heavy (non-hydrogen) atoms. The average molecular weight is 871 g/mol. The van der Waals surface area contributed by atoms with E-state index in [0.29, 0.717) is 0 Å². The molecule has 0 radical (unpaired) electrons. The van der Waals surface area contributed by atoms with Gasteiger partial charge in [-0.3, -0.25) is 0 Å². The minimum absolute atomic E-state index is 0.175. The van der Waals surface area contributed by atoms with Crippen molar-refractivity contribution in [3.05, 3.63) is 229 Å². The maximum Gasteiger partial charge on any atom is 0.147 e. The summed E-state index contributed by atoms with van der Waals surface area (Å²) in [5.41, 5.74) is 25.2. The summed E-state index contributed by atoms with van der Waals surface area (Å²) in [7, 11) is 0. The van der Waals surface area contributed by atoms with E-state index in [-0.39, 0.29) is 10.8 Å². The number of benzene rings is 10. The van der Waals surface area contributed by atoms with Crippen molar-refractivity contribution in [2.75, 3.05) is 0 Å². The predicted molar refractivity (Wildman–Crippen MR) is 283 cm³/mol. The third-order valence-electron chi connectivity index (χ3n) is 15.5. The fourth-order valence-corrected chi connectivity index (χ4v) is 11.9. The fraction of sp³-hybridized carbons (Fsp3) is 0.0909. The van der Waals surface area contributed by atoms with Crippen LogP contribution in [0, 0.1) is 0 Å². The van der Waals surface area contributed by atoms with Crippen LogP contribution in [-0.2, 0) is 10.8 Å². The summed E-state index contributed by atoms with van der Waals surface area (Å²) in [6, 6.07) is 75.4. The van der Waals surface area contributed by atoms with E-state index in [1.54, 1.807) is 0 Å². The number of hydrogen-bond donors (Lipinski definition) is 0. The summed E-state index contributed by atoms with van der Waals surface area (Å²) in [5, 5.41) is 4.34. The molecule has 0 N–H and O–H groups in total. The molecule has 0 spiro atoms. The second kappa shape index (κ2) is 14.2. The van der Waals surface area contributed by atoms with Gasteiger partial charge in [0.15, 0.2) is 0 Å². The van der Waals surface area contributed by atoms with Gasteiger partial charge in [-0.2, -0.15) is 0 Å². The van der Waals surface area contributed by atoms with Crippen molar-refractivity contribution in [1.82, 2.24) is 0 Å². The fourth-order valence-electron chi connectivity index (χ4n) is 11.9. The summed E-state index contributed by atoms with van der Waals surface area (Å²) >= 11 is 0. The molecule has 0 saturated heterocycles. The van der Waals surface area contributed by atoms with Gasteiger partial charge >= 0.3 is 0 Å². The van der Waals surface area contributed by atoms with Crippen LogP contribution in [0.4, 0.5) is 0 Å². The van der Waals surface area contributed by atoms with Crippen molar-refractivity contribution in [2.45, 2.75) is 38.5 Å². The highest BCUT2D eigenvalue weighted by atomic mass is 16.3. The Labute approximate surface area is 395 Å². The Balaban J connectivity index is 0.908. The second-order valence-corrected chi connectivity index (χ2v) is 20.0. The molecule has 2 aromatic heterocycles. The molecule has 0 aliphatic heterocycles. The van der Waals surface area contributed by atoms with E-state index < -0.39 is 0 Å². The number of fused-ring (bicyclic) bond motifs is 12. The first kappa shape index (κ1) is 39.0. The Hall–Kier alpha value is -8.20. The van der Waals surface area contributed by atoms with Crippen LogP contribution >= 0.6 is 0 Å². The topological polar surface area (TPSA) is 26.3 Å². The molecular weight excluding hydrogens is 825 g/mol. The zero-order valence-corrected chi connectivity index (χ0v) is 38.4. The summed E-state index contributed by atoms with van der Waals surface area (Å²) in [6.45, 7) is 9.45. The van der Waals surface area contributed by atoms with Gasteiger partial charge in [0.2, 0.25) is 0 Å². The normalized spacial score (nSPS) is 14.1. The van der Waals surface area contributed by atoms with Crippen LogP contribution in [0.1, 0.15) is 49.9 Å². The van der Waals surface area contributed by atoms with Gasteiger partial charge in [0, 0.05) is 43.5 Å². The highest BCUT2D eigenvalue weighted by Gasteiger charge is 2.38. The van der Waals surface area contributed by atoms with Crippen LogP contribution in [0.3, 0.4) is 0 Å². The molecule has 0 atom stereocenters. The summed E-state index contributed by atoms with van der Waals surface area (Å²) in [4.78, 5) is 0. The lowest BCUT2D eigenvalue weighted by atomic mass is 9.81. The lowest BCUT2D eigenvalue weighted by Gasteiger charge is -2.22. The highest BCUT2D eigenvalue weighted by Crippen LogP contribution is 2.54. The largest absolute Gasteiger partial charge is 0.455 e. The Morgan fingerprint density at radius 2 is 0.603 bits per heavy atom. The van der Waals surface area contributed by atoms with Crippen LogP contribution in [-0.4, -0.2) is 0 Å². The van der Waals surface area contributed by atoms with Gasteiger partial charge in [-0.05, 0) is 114 Å². The van der Waals surface area contributed by atoms with Gasteiger partial charge in [-0.15, -0.1) is 0 Å². The highest BCUT2D eigenvalue weighted by molar-refractivity contribution is 6.24. The SMILES string of the molecule is CC1(C)c2cc(-c3ccccc3)ccc2-c2ccc(-c3cccc4c3oc3c(-c5ccccc5)c5oc6c(-c7ccc8c(c7)C(C)(C)c7cc(-c9ccccc9)ccc7-8)cccc6c5cc34)cc21. The molecular formula is C66H46O2. The molecule has 0 amide bonds. The van der Waals surface area contributed by atoms with E-state index in [4.69, 9.17) is 8.83 Å². The standard InChI is InChI=1S/C66H46O2/c1-65(2)56-34-42(39-16-8-5-9-17-39)26-30-48(56)50-32-28-44(36-58(50)65)46-22-14-24-52-54-38-55-53-25-15-23-47(62(53)68-64(55)60(63(54)67-61(46)52)41-20-12-7-13-21-41)45-29-33-51-49-31-27-43(40-18-10-6-11-19-40)35-57(49)66(3,4)59(51)37-45/h5-38H,1-4H3. The third-order valence-corrected chi connectivity index (χ3v) is 15.5. The minimum atomic E-state index is -0.175. The number of para-hydroxylation sites is 2. The zero-order valence-electron chi connectivity index (χ0n) is 38.4. The lowest BCUT2D eigenvalue weighted by molar-refractivity contribution is 0.657.